The molecule has 0 saturated carbocycles. The Morgan fingerprint density at radius 2 is 2.03 bits per heavy atom. The van der Waals surface area contributed by atoms with Gasteiger partial charge in [-0.25, -0.2) is 0 Å². The molecule has 0 aromatic heterocycles. The zero-order valence-electron chi connectivity index (χ0n) is 22.3. The van der Waals surface area contributed by atoms with Crippen molar-refractivity contribution < 1.29 is 24.2 Å². The number of aliphatic hydroxyl groups is 1. The van der Waals surface area contributed by atoms with Gasteiger partial charge in [0.05, 0.1) is 35.8 Å². The Morgan fingerprint density at radius 3 is 2.62 bits per heavy atom. The zero-order chi connectivity index (χ0) is 28.5. The first kappa shape index (κ1) is 30.2. The van der Waals surface area contributed by atoms with Crippen molar-refractivity contribution in [3.8, 4) is 0 Å². The summed E-state index contributed by atoms with van der Waals surface area (Å²) in [5, 5.41) is 10.9. The van der Waals surface area contributed by atoms with Gasteiger partial charge in [-0.2, -0.15) is 0 Å². The third-order valence-electron chi connectivity index (χ3n) is 8.36. The molecule has 0 radical (unpaired) electrons. The summed E-state index contributed by atoms with van der Waals surface area (Å²) in [4.78, 5) is 45.6. The molecule has 3 heterocycles. The number of alkyl halides is 1. The number of carbonyl (C=O) groups is 3. The highest BCUT2D eigenvalue weighted by molar-refractivity contribution is 9.09. The van der Waals surface area contributed by atoms with Crippen molar-refractivity contribution in [2.45, 2.75) is 60.0 Å². The standard InChI is InChI=1S/C29H36BrClN2O5S/c1-5-8-14-38-28(37)22-23-26(35)33(21(16-34)17(4)7-3)25(29(23)15-20(30)24(22)39-29)27(36)32(13-6-2)19-11-9-18(31)10-12-19/h5-6,9-12,17,20-25,34H,1-2,7-8,13-16H2,3-4H3/t17-,20?,21-,22-,23-,24-,25?,29?/m0/s1. The number of hydrogen-bond acceptors (Lipinski definition) is 6. The maximum absolute atomic E-state index is 14.6. The lowest BCUT2D eigenvalue weighted by Crippen LogP contribution is -2.59. The number of likely N-dealkylation sites (tertiary alicyclic amines) is 1. The Morgan fingerprint density at radius 1 is 1.33 bits per heavy atom. The second kappa shape index (κ2) is 12.4. The van der Waals surface area contributed by atoms with Crippen LogP contribution in [0.2, 0.25) is 5.02 Å². The van der Waals surface area contributed by atoms with Crippen molar-refractivity contribution in [2.75, 3.05) is 24.7 Å². The number of aliphatic hydroxyl groups excluding tert-OH is 1. The third-order valence-corrected chi connectivity index (χ3v) is 11.8. The monoisotopic (exact) mass is 638 g/mol. The minimum atomic E-state index is -0.877. The highest BCUT2D eigenvalue weighted by atomic mass is 79.9. The molecule has 212 valence electrons. The molecular formula is C29H36BrClN2O5S. The van der Waals surface area contributed by atoms with Crippen LogP contribution in [0.15, 0.2) is 49.6 Å². The molecule has 1 aromatic rings. The van der Waals surface area contributed by atoms with E-state index in [1.807, 2.05) is 13.8 Å². The molecule has 3 unspecified atom stereocenters. The van der Waals surface area contributed by atoms with Gasteiger partial charge in [0, 0.05) is 27.3 Å². The lowest BCUT2D eigenvalue weighted by atomic mass is 9.71. The first-order chi connectivity index (χ1) is 18.7. The zero-order valence-corrected chi connectivity index (χ0v) is 25.5. The predicted molar refractivity (Wildman–Crippen MR) is 159 cm³/mol. The quantitative estimate of drug-likeness (QED) is 0.152. The van der Waals surface area contributed by atoms with Crippen molar-refractivity contribution in [1.82, 2.24) is 4.90 Å². The van der Waals surface area contributed by atoms with E-state index in [0.29, 0.717) is 30.0 Å². The second-order valence-electron chi connectivity index (χ2n) is 10.5. The van der Waals surface area contributed by atoms with Crippen LogP contribution in [0.25, 0.3) is 0 Å². The number of anilines is 1. The normalized spacial score (nSPS) is 30.5. The summed E-state index contributed by atoms with van der Waals surface area (Å²) in [6, 6.07) is 5.52. The molecule has 1 N–H and O–H groups in total. The summed E-state index contributed by atoms with van der Waals surface area (Å²) in [6.07, 6.45) is 5.10. The average molecular weight is 640 g/mol. The van der Waals surface area contributed by atoms with E-state index in [2.05, 4.69) is 29.1 Å². The van der Waals surface area contributed by atoms with Crippen molar-refractivity contribution in [3.05, 3.63) is 54.6 Å². The SMILES string of the molecule is C=CCCOC(=O)[C@H]1[C@H]2C(=O)N([C@@H](CO)[C@@H](C)CC)C(C(=O)N(CC=C)c3ccc(Cl)cc3)C23CC(Br)[C@@H]1S3. The Labute approximate surface area is 248 Å². The molecule has 4 rings (SSSR count). The summed E-state index contributed by atoms with van der Waals surface area (Å²) >= 11 is 11.4. The van der Waals surface area contributed by atoms with Crippen LogP contribution in [0.1, 0.15) is 33.1 Å². The van der Waals surface area contributed by atoms with E-state index in [9.17, 15) is 19.5 Å². The Hall–Kier alpha value is -1.81. The molecule has 3 saturated heterocycles. The topological polar surface area (TPSA) is 87.1 Å². The maximum Gasteiger partial charge on any atom is 0.310 e. The van der Waals surface area contributed by atoms with E-state index in [4.69, 9.17) is 16.3 Å². The van der Waals surface area contributed by atoms with E-state index < -0.39 is 34.6 Å². The number of fused-ring (bicyclic) bond motifs is 1. The molecular weight excluding hydrogens is 604 g/mol. The molecule has 0 aliphatic carbocycles. The van der Waals surface area contributed by atoms with Crippen molar-refractivity contribution >= 4 is 62.8 Å². The number of benzene rings is 1. The van der Waals surface area contributed by atoms with Crippen LogP contribution in [0.5, 0.6) is 0 Å². The molecule has 8 atom stereocenters. The molecule has 3 fully saturated rings. The number of amides is 2. The minimum absolute atomic E-state index is 0.0622. The van der Waals surface area contributed by atoms with Crippen LogP contribution in [0.4, 0.5) is 5.69 Å². The van der Waals surface area contributed by atoms with E-state index in [1.54, 1.807) is 58.0 Å². The summed E-state index contributed by atoms with van der Waals surface area (Å²) in [7, 11) is 0. The van der Waals surface area contributed by atoms with Gasteiger partial charge in [-0.1, -0.05) is 60.0 Å². The number of carbonyl (C=O) groups excluding carboxylic acids is 3. The van der Waals surface area contributed by atoms with Gasteiger partial charge in [0.15, 0.2) is 0 Å². The van der Waals surface area contributed by atoms with Gasteiger partial charge < -0.3 is 19.6 Å². The van der Waals surface area contributed by atoms with Gasteiger partial charge in [0.2, 0.25) is 5.91 Å². The van der Waals surface area contributed by atoms with E-state index in [-0.39, 0.29) is 47.6 Å². The molecule has 10 heteroatoms. The van der Waals surface area contributed by atoms with Gasteiger partial charge in [-0.15, -0.1) is 24.9 Å². The van der Waals surface area contributed by atoms with Gasteiger partial charge in [-0.3, -0.25) is 14.4 Å². The van der Waals surface area contributed by atoms with Gasteiger partial charge in [0.1, 0.15) is 6.04 Å². The number of halogens is 2. The molecule has 3 aliphatic rings. The van der Waals surface area contributed by atoms with E-state index in [0.717, 1.165) is 0 Å². The minimum Gasteiger partial charge on any atom is -0.465 e. The summed E-state index contributed by atoms with van der Waals surface area (Å²) < 4.78 is 4.74. The van der Waals surface area contributed by atoms with Gasteiger partial charge in [0.25, 0.3) is 5.91 Å². The van der Waals surface area contributed by atoms with Crippen LogP contribution < -0.4 is 4.90 Å². The number of hydrogen-bond donors (Lipinski definition) is 1. The molecule has 1 spiro atoms. The number of esters is 1. The highest BCUT2D eigenvalue weighted by Crippen LogP contribution is 2.68. The van der Waals surface area contributed by atoms with Crippen LogP contribution in [-0.2, 0) is 19.1 Å². The second-order valence-corrected chi connectivity index (χ2v) is 13.7. The molecule has 2 bridgehead atoms. The first-order valence-electron chi connectivity index (χ1n) is 13.4. The largest absolute Gasteiger partial charge is 0.465 e. The first-order valence-corrected chi connectivity index (χ1v) is 15.5. The molecule has 39 heavy (non-hydrogen) atoms. The van der Waals surface area contributed by atoms with Crippen molar-refractivity contribution in [1.29, 1.82) is 0 Å². The molecule has 1 aromatic carbocycles. The maximum atomic E-state index is 14.6. The fourth-order valence-corrected chi connectivity index (χ4v) is 10.1. The number of thioether (sulfide) groups is 1. The van der Waals surface area contributed by atoms with E-state index >= 15 is 0 Å². The lowest BCUT2D eigenvalue weighted by Gasteiger charge is -2.41. The Balaban J connectivity index is 1.82. The van der Waals surface area contributed by atoms with Crippen LogP contribution in [-0.4, -0.2) is 74.5 Å². The Kier molecular flexibility index (Phi) is 9.56. The van der Waals surface area contributed by atoms with Crippen LogP contribution in [0, 0.1) is 17.8 Å². The third kappa shape index (κ3) is 5.20. The summed E-state index contributed by atoms with van der Waals surface area (Å²) in [5.74, 6) is -2.42. The predicted octanol–water partition coefficient (Wildman–Crippen LogP) is 4.85. The van der Waals surface area contributed by atoms with Gasteiger partial charge in [-0.05, 0) is 43.0 Å². The lowest BCUT2D eigenvalue weighted by molar-refractivity contribution is -0.154. The van der Waals surface area contributed by atoms with E-state index in [1.165, 1.54) is 0 Å². The van der Waals surface area contributed by atoms with Crippen molar-refractivity contribution in [3.63, 3.8) is 0 Å². The highest BCUT2D eigenvalue weighted by Gasteiger charge is 2.76. The van der Waals surface area contributed by atoms with Crippen LogP contribution in [0.3, 0.4) is 0 Å². The fourth-order valence-electron chi connectivity index (χ4n) is 6.35. The average Bonchev–Trinajstić information content (AvgIpc) is 3.51. The van der Waals surface area contributed by atoms with Crippen molar-refractivity contribution in [2.24, 2.45) is 17.8 Å². The Bertz CT molecular complexity index is 1120. The summed E-state index contributed by atoms with van der Waals surface area (Å²) in [6.45, 7) is 11.6. The number of ether oxygens (including phenoxy) is 1. The number of nitrogens with zero attached hydrogens (tertiary/aromatic N) is 2. The molecule has 3 aliphatic heterocycles. The molecule has 2 amide bonds. The van der Waals surface area contributed by atoms with Crippen LogP contribution >= 0.6 is 39.3 Å². The fraction of sp³-hybridized carbons (Fsp3) is 0.552. The number of rotatable bonds is 12. The van der Waals surface area contributed by atoms with Gasteiger partial charge >= 0.3 is 5.97 Å². The summed E-state index contributed by atoms with van der Waals surface area (Å²) in [5.41, 5.74) is 0.633. The smallest absolute Gasteiger partial charge is 0.310 e. The molecule has 7 nitrogen and oxygen atoms in total.